The van der Waals surface area contributed by atoms with E-state index < -0.39 is 23.4 Å². The first-order valence-electron chi connectivity index (χ1n) is 4.73. The fourth-order valence-electron chi connectivity index (χ4n) is 1.16. The van der Waals surface area contributed by atoms with Crippen molar-refractivity contribution in [2.45, 2.75) is 0 Å². The molecule has 1 rings (SSSR count). The average molecular weight is 274 g/mol. The van der Waals surface area contributed by atoms with Gasteiger partial charge in [-0.1, -0.05) is 24.3 Å². The van der Waals surface area contributed by atoms with Gasteiger partial charge in [0.1, 0.15) is 18.0 Å². The lowest BCUT2D eigenvalue weighted by Gasteiger charge is -2.10. The maximum absolute atomic E-state index is 13.3. The highest BCUT2D eigenvalue weighted by Gasteiger charge is 2.20. The fraction of sp³-hybridized carbons (Fsp3) is 0.0909. The number of nitrogens with one attached hydrogen (secondary N) is 1. The van der Waals surface area contributed by atoms with Gasteiger partial charge in [0.2, 0.25) is 0 Å². The Bertz CT molecular complexity index is 504. The van der Waals surface area contributed by atoms with Gasteiger partial charge in [0, 0.05) is 0 Å². The number of aromatic carboxylic acids is 1. The van der Waals surface area contributed by atoms with E-state index in [1.165, 1.54) is 6.08 Å². The molecule has 5 nitrogen and oxygen atoms in total. The smallest absolute Gasteiger partial charge is 0.412 e. The molecule has 7 heteroatoms. The van der Waals surface area contributed by atoms with Crippen molar-refractivity contribution in [1.82, 2.24) is 0 Å². The monoisotopic (exact) mass is 273 g/mol. The molecule has 96 valence electrons. The van der Waals surface area contributed by atoms with E-state index in [4.69, 9.17) is 16.7 Å². The van der Waals surface area contributed by atoms with Crippen molar-refractivity contribution in [3.05, 3.63) is 41.2 Å². The standard InChI is InChI=1S/C11H9ClFNO4/c1-2-5-18-11(17)14-9-6(12)3-4-7(13)8(9)10(15)16/h2-4H,1,5H2,(H,14,17)(H,15,16). The van der Waals surface area contributed by atoms with Gasteiger partial charge in [0.05, 0.1) is 10.7 Å². The molecule has 0 unspecified atom stereocenters. The minimum atomic E-state index is -1.55. The summed E-state index contributed by atoms with van der Waals surface area (Å²) < 4.78 is 17.9. The number of ether oxygens (including phenoxy) is 1. The average Bonchev–Trinajstić information content (AvgIpc) is 2.30. The lowest BCUT2D eigenvalue weighted by molar-refractivity contribution is 0.0693. The Morgan fingerprint density at radius 3 is 2.78 bits per heavy atom. The number of carbonyl (C=O) groups is 2. The van der Waals surface area contributed by atoms with Crippen LogP contribution in [-0.2, 0) is 4.74 Å². The maximum Gasteiger partial charge on any atom is 0.412 e. The molecular formula is C11H9ClFNO4. The SMILES string of the molecule is C=CCOC(=O)Nc1c(Cl)ccc(F)c1C(=O)O. The molecular weight excluding hydrogens is 265 g/mol. The number of benzene rings is 1. The van der Waals surface area contributed by atoms with Crippen LogP contribution in [-0.4, -0.2) is 23.8 Å². The lowest BCUT2D eigenvalue weighted by atomic mass is 10.1. The number of halogens is 2. The summed E-state index contributed by atoms with van der Waals surface area (Å²) in [7, 11) is 0. The second kappa shape index (κ2) is 6.02. The van der Waals surface area contributed by atoms with E-state index in [-0.39, 0.29) is 17.3 Å². The van der Waals surface area contributed by atoms with Crippen molar-refractivity contribution in [2.75, 3.05) is 11.9 Å². The highest BCUT2D eigenvalue weighted by atomic mass is 35.5. The summed E-state index contributed by atoms with van der Waals surface area (Å²) in [5.41, 5.74) is -1.07. The van der Waals surface area contributed by atoms with Crippen LogP contribution in [0.1, 0.15) is 10.4 Å². The van der Waals surface area contributed by atoms with E-state index in [0.29, 0.717) is 0 Å². The topological polar surface area (TPSA) is 75.6 Å². The van der Waals surface area contributed by atoms with Gasteiger partial charge < -0.3 is 9.84 Å². The zero-order chi connectivity index (χ0) is 13.7. The van der Waals surface area contributed by atoms with Crippen LogP contribution in [0.2, 0.25) is 5.02 Å². The van der Waals surface area contributed by atoms with E-state index in [1.54, 1.807) is 0 Å². The third kappa shape index (κ3) is 3.21. The van der Waals surface area contributed by atoms with Crippen LogP contribution in [0, 0.1) is 5.82 Å². The van der Waals surface area contributed by atoms with Crippen LogP contribution in [0.5, 0.6) is 0 Å². The second-order valence-corrected chi connectivity index (χ2v) is 3.50. The number of carboxylic acids is 1. The molecule has 1 amide bonds. The first kappa shape index (κ1) is 14.0. The summed E-state index contributed by atoms with van der Waals surface area (Å²) in [4.78, 5) is 22.1. The molecule has 0 bridgehead atoms. The number of amides is 1. The molecule has 0 saturated heterocycles. The van der Waals surface area contributed by atoms with Gasteiger partial charge in [-0.05, 0) is 12.1 Å². The molecule has 0 aliphatic rings. The molecule has 0 aromatic heterocycles. The molecule has 18 heavy (non-hydrogen) atoms. The molecule has 0 radical (unpaired) electrons. The predicted molar refractivity (Wildman–Crippen MR) is 63.5 cm³/mol. The molecule has 0 spiro atoms. The van der Waals surface area contributed by atoms with E-state index in [1.807, 2.05) is 0 Å². The van der Waals surface area contributed by atoms with E-state index in [9.17, 15) is 14.0 Å². The Labute approximate surface area is 107 Å². The predicted octanol–water partition coefficient (Wildman–Crippen LogP) is 2.91. The van der Waals surface area contributed by atoms with Crippen LogP contribution in [0.4, 0.5) is 14.9 Å². The first-order chi connectivity index (χ1) is 8.47. The lowest BCUT2D eigenvalue weighted by Crippen LogP contribution is -2.17. The van der Waals surface area contributed by atoms with Gasteiger partial charge in [-0.25, -0.2) is 14.0 Å². The summed E-state index contributed by atoms with van der Waals surface area (Å²) in [5.74, 6) is -2.56. The van der Waals surface area contributed by atoms with Gasteiger partial charge >= 0.3 is 12.1 Å². The second-order valence-electron chi connectivity index (χ2n) is 3.10. The summed E-state index contributed by atoms with van der Waals surface area (Å²) in [6.45, 7) is 3.26. The van der Waals surface area contributed by atoms with E-state index in [2.05, 4.69) is 16.6 Å². The molecule has 1 aromatic rings. The quantitative estimate of drug-likeness (QED) is 0.827. The molecule has 2 N–H and O–H groups in total. The number of hydrogen-bond donors (Lipinski definition) is 2. The number of hydrogen-bond acceptors (Lipinski definition) is 3. The highest BCUT2D eigenvalue weighted by molar-refractivity contribution is 6.34. The van der Waals surface area contributed by atoms with Gasteiger partial charge in [0.15, 0.2) is 0 Å². The Balaban J connectivity index is 3.07. The largest absolute Gasteiger partial charge is 0.478 e. The summed E-state index contributed by atoms with van der Waals surface area (Å²) in [6, 6.07) is 2.03. The zero-order valence-corrected chi connectivity index (χ0v) is 9.83. The molecule has 0 heterocycles. The first-order valence-corrected chi connectivity index (χ1v) is 5.11. The Morgan fingerprint density at radius 2 is 2.22 bits per heavy atom. The van der Waals surface area contributed by atoms with Crippen LogP contribution in [0.3, 0.4) is 0 Å². The summed E-state index contributed by atoms with van der Waals surface area (Å²) >= 11 is 5.70. The van der Waals surface area contributed by atoms with Crippen LogP contribution in [0.25, 0.3) is 0 Å². The van der Waals surface area contributed by atoms with Gasteiger partial charge in [0.25, 0.3) is 0 Å². The molecule has 0 aliphatic heterocycles. The van der Waals surface area contributed by atoms with Crippen molar-refractivity contribution in [2.24, 2.45) is 0 Å². The Kier molecular flexibility index (Phi) is 4.67. The van der Waals surface area contributed by atoms with Crippen LogP contribution >= 0.6 is 11.6 Å². The minimum Gasteiger partial charge on any atom is -0.478 e. The third-order valence-corrected chi connectivity index (χ3v) is 2.19. The molecule has 0 atom stereocenters. The summed E-state index contributed by atoms with van der Waals surface area (Å²) in [6.07, 6.45) is 0.370. The normalized spacial score (nSPS) is 9.67. The van der Waals surface area contributed by atoms with Gasteiger partial charge in [-0.2, -0.15) is 0 Å². The van der Waals surface area contributed by atoms with Gasteiger partial charge in [-0.15, -0.1) is 0 Å². The van der Waals surface area contributed by atoms with Crippen LogP contribution in [0.15, 0.2) is 24.8 Å². The Morgan fingerprint density at radius 1 is 1.56 bits per heavy atom. The molecule has 1 aromatic carbocycles. The number of carboxylic acid groups (broad SMARTS) is 1. The van der Waals surface area contributed by atoms with E-state index in [0.717, 1.165) is 12.1 Å². The van der Waals surface area contributed by atoms with Crippen molar-refractivity contribution >= 4 is 29.4 Å². The number of rotatable bonds is 4. The van der Waals surface area contributed by atoms with Gasteiger partial charge in [-0.3, -0.25) is 5.32 Å². The van der Waals surface area contributed by atoms with Crippen molar-refractivity contribution < 1.29 is 23.8 Å². The third-order valence-electron chi connectivity index (χ3n) is 1.88. The minimum absolute atomic E-state index is 0.0683. The molecule has 0 fully saturated rings. The van der Waals surface area contributed by atoms with Crippen molar-refractivity contribution in [3.8, 4) is 0 Å². The number of carbonyl (C=O) groups excluding carboxylic acids is 1. The van der Waals surface area contributed by atoms with Crippen LogP contribution < -0.4 is 5.32 Å². The summed E-state index contributed by atoms with van der Waals surface area (Å²) in [5, 5.41) is 10.8. The fourth-order valence-corrected chi connectivity index (χ4v) is 1.36. The number of anilines is 1. The zero-order valence-electron chi connectivity index (χ0n) is 9.07. The van der Waals surface area contributed by atoms with Crippen molar-refractivity contribution in [3.63, 3.8) is 0 Å². The maximum atomic E-state index is 13.3. The molecule has 0 saturated carbocycles. The molecule has 0 aliphatic carbocycles. The van der Waals surface area contributed by atoms with E-state index >= 15 is 0 Å². The highest BCUT2D eigenvalue weighted by Crippen LogP contribution is 2.28. The van der Waals surface area contributed by atoms with Crippen molar-refractivity contribution in [1.29, 1.82) is 0 Å². The Hall–Kier alpha value is -2.08.